The van der Waals surface area contributed by atoms with Crippen LogP contribution in [0.2, 0.25) is 0 Å². The lowest BCUT2D eigenvalue weighted by molar-refractivity contribution is -0.147. The Morgan fingerprint density at radius 3 is 2.47 bits per heavy atom. The summed E-state index contributed by atoms with van der Waals surface area (Å²) in [5, 5.41) is 9.76. The van der Waals surface area contributed by atoms with Gasteiger partial charge in [0.1, 0.15) is 23.0 Å². The van der Waals surface area contributed by atoms with Crippen LogP contribution in [0.5, 0.6) is 0 Å². The maximum absolute atomic E-state index is 11.4. The standard InChI is InChI=1S/C36H48ClN5O5.2C2H6/c1-7-10-28-21-40(23-33-39-34(30(37)19-25(3)35(43)44)26(4)42(33)22-29-14-18-45-29)16-17-41(28)15-9-8-11-31-27(5)46-36(6,47-31)32-13-12-24(2)20-38-32;2*1-2/h8-9,11-13,15,19-20,25,28-29H,7,10,14,16-18,21-23H2,1-6H3,(H,43,44);2*1-2H3/b11-8-,15-9+,30-19+;;/t25?,28?,29?,36-;;/m1../s1. The quantitative estimate of drug-likeness (QED) is 0.204. The zero-order valence-electron chi connectivity index (χ0n) is 32.4. The molecule has 2 aromatic heterocycles. The van der Waals surface area contributed by atoms with Gasteiger partial charge in [0, 0.05) is 51.1 Å². The third-order valence-electron chi connectivity index (χ3n) is 9.10. The molecule has 51 heavy (non-hydrogen) atoms. The number of nitrogens with zero attached hydrogens (tertiary/aromatic N) is 5. The Kier molecular flexibility index (Phi) is 16.3. The van der Waals surface area contributed by atoms with E-state index in [4.69, 9.17) is 30.8 Å². The highest BCUT2D eigenvalue weighted by atomic mass is 35.5. The molecule has 0 radical (unpaired) electrons. The second-order valence-corrected chi connectivity index (χ2v) is 13.3. The van der Waals surface area contributed by atoms with E-state index in [9.17, 15) is 9.90 Å². The van der Waals surface area contributed by atoms with E-state index in [1.165, 1.54) is 0 Å². The third kappa shape index (κ3) is 10.9. The van der Waals surface area contributed by atoms with Gasteiger partial charge in [0.25, 0.3) is 5.79 Å². The number of halogens is 1. The van der Waals surface area contributed by atoms with E-state index >= 15 is 0 Å². The van der Waals surface area contributed by atoms with E-state index in [0.717, 1.165) is 74.0 Å². The first kappa shape index (κ1) is 41.8. The number of hydrogen-bond acceptors (Lipinski definition) is 8. The van der Waals surface area contributed by atoms with Crippen LogP contribution in [0.3, 0.4) is 0 Å². The van der Waals surface area contributed by atoms with E-state index in [1.54, 1.807) is 13.0 Å². The molecule has 282 valence electrons. The van der Waals surface area contributed by atoms with Crippen LogP contribution in [0, 0.1) is 19.8 Å². The fraction of sp³-hybridized carbons (Fsp3) is 0.575. The first-order valence-electron chi connectivity index (χ1n) is 18.6. The molecule has 5 rings (SSSR count). The summed E-state index contributed by atoms with van der Waals surface area (Å²) in [6.45, 7) is 24.5. The van der Waals surface area contributed by atoms with Gasteiger partial charge in [-0.25, -0.2) is 4.98 Å². The second kappa shape index (κ2) is 19.9. The Morgan fingerprint density at radius 1 is 1.14 bits per heavy atom. The summed E-state index contributed by atoms with van der Waals surface area (Å²) >= 11 is 6.64. The SMILES string of the molecule is CC.CC.CCCC1CN(Cc2nc(/C(Cl)=C\C(C)C(=O)O)c(C)n2CC2CCO2)CCN1/C=C/C=C\C1=C(C)O[C@@](C)(c2ccc(C)cn2)O1. The molecule has 2 aromatic rings. The minimum Gasteiger partial charge on any atom is -0.481 e. The van der Waals surface area contributed by atoms with Gasteiger partial charge in [-0.1, -0.05) is 64.8 Å². The molecular weight excluding hydrogens is 666 g/mol. The van der Waals surface area contributed by atoms with Crippen LogP contribution in [0.1, 0.15) is 103 Å². The summed E-state index contributed by atoms with van der Waals surface area (Å²) in [5.41, 5.74) is 3.40. The maximum Gasteiger partial charge on any atom is 0.310 e. The van der Waals surface area contributed by atoms with Gasteiger partial charge in [-0.05, 0) is 76.6 Å². The number of allylic oxidation sites excluding steroid dienone is 4. The van der Waals surface area contributed by atoms with Crippen LogP contribution < -0.4 is 0 Å². The van der Waals surface area contributed by atoms with Gasteiger partial charge in [0.15, 0.2) is 5.76 Å². The summed E-state index contributed by atoms with van der Waals surface area (Å²) in [6, 6.07) is 4.31. The van der Waals surface area contributed by atoms with Crippen molar-refractivity contribution in [2.75, 3.05) is 26.2 Å². The van der Waals surface area contributed by atoms with Crippen molar-refractivity contribution in [1.29, 1.82) is 0 Å². The Bertz CT molecular complexity index is 1540. The molecule has 3 unspecified atom stereocenters. The number of piperazine rings is 1. The molecule has 10 nitrogen and oxygen atoms in total. The van der Waals surface area contributed by atoms with Crippen molar-refractivity contribution in [3.05, 3.63) is 88.8 Å². The lowest BCUT2D eigenvalue weighted by atomic mass is 10.1. The van der Waals surface area contributed by atoms with Crippen molar-refractivity contribution >= 4 is 22.6 Å². The maximum atomic E-state index is 11.4. The van der Waals surface area contributed by atoms with Crippen molar-refractivity contribution < 1.29 is 24.1 Å². The molecule has 11 heteroatoms. The summed E-state index contributed by atoms with van der Waals surface area (Å²) in [4.78, 5) is 25.8. The van der Waals surface area contributed by atoms with Crippen LogP contribution in [-0.2, 0) is 37.9 Å². The van der Waals surface area contributed by atoms with Crippen LogP contribution in [0.15, 0.2) is 60.4 Å². The van der Waals surface area contributed by atoms with Crippen LogP contribution in [0.25, 0.3) is 5.03 Å². The molecule has 0 saturated carbocycles. The molecular formula is C40H60ClN5O5. The van der Waals surface area contributed by atoms with Crippen molar-refractivity contribution in [2.24, 2.45) is 5.92 Å². The van der Waals surface area contributed by atoms with Gasteiger partial charge in [-0.2, -0.15) is 0 Å². The van der Waals surface area contributed by atoms with Gasteiger partial charge in [0.2, 0.25) is 0 Å². The number of ether oxygens (including phenoxy) is 3. The Hall–Kier alpha value is -3.60. The number of rotatable bonds is 13. The second-order valence-electron chi connectivity index (χ2n) is 12.9. The fourth-order valence-electron chi connectivity index (χ4n) is 6.19. The number of aromatic nitrogens is 3. The van der Waals surface area contributed by atoms with E-state index in [2.05, 4.69) is 38.6 Å². The number of aliphatic carboxylic acids is 1. The fourth-order valence-corrected chi connectivity index (χ4v) is 6.56. The number of carboxylic acids is 1. The first-order chi connectivity index (χ1) is 24.5. The van der Waals surface area contributed by atoms with Gasteiger partial charge in [0.05, 0.1) is 30.1 Å². The average molecular weight is 726 g/mol. The zero-order valence-corrected chi connectivity index (χ0v) is 33.2. The molecule has 0 amide bonds. The molecule has 1 N–H and O–H groups in total. The molecule has 0 bridgehead atoms. The molecule has 0 spiro atoms. The number of aryl methyl sites for hydroxylation is 1. The van der Waals surface area contributed by atoms with Gasteiger partial charge < -0.3 is 28.8 Å². The smallest absolute Gasteiger partial charge is 0.310 e. The van der Waals surface area contributed by atoms with Crippen LogP contribution in [0.4, 0.5) is 0 Å². The third-order valence-corrected chi connectivity index (χ3v) is 9.41. The predicted molar refractivity (Wildman–Crippen MR) is 205 cm³/mol. The number of hydrogen-bond donors (Lipinski definition) is 1. The first-order valence-corrected chi connectivity index (χ1v) is 19.0. The normalized spacial score (nSPS) is 22.9. The lowest BCUT2D eigenvalue weighted by Gasteiger charge is -2.41. The Labute approximate surface area is 310 Å². The number of imidazole rings is 1. The number of carboxylic acid groups (broad SMARTS) is 1. The summed E-state index contributed by atoms with van der Waals surface area (Å²) in [5.74, 6) is -0.210. The minimum atomic E-state index is -0.943. The van der Waals surface area contributed by atoms with E-state index in [1.807, 2.05) is 85.9 Å². The zero-order chi connectivity index (χ0) is 37.7. The monoisotopic (exact) mass is 725 g/mol. The van der Waals surface area contributed by atoms with Gasteiger partial charge >= 0.3 is 5.97 Å². The molecule has 0 aliphatic carbocycles. The number of carbonyl (C=O) groups is 1. The molecule has 3 aliphatic rings. The number of pyridine rings is 1. The van der Waals surface area contributed by atoms with Gasteiger partial charge in [-0.3, -0.25) is 14.7 Å². The van der Waals surface area contributed by atoms with E-state index in [0.29, 0.717) is 35.6 Å². The Balaban J connectivity index is 0.00000169. The largest absolute Gasteiger partial charge is 0.481 e. The van der Waals surface area contributed by atoms with Crippen molar-refractivity contribution in [1.82, 2.24) is 24.3 Å². The molecule has 3 aliphatic heterocycles. The lowest BCUT2D eigenvalue weighted by Crippen LogP contribution is -2.50. The van der Waals surface area contributed by atoms with Gasteiger partial charge in [-0.15, -0.1) is 0 Å². The highest BCUT2D eigenvalue weighted by Gasteiger charge is 2.39. The van der Waals surface area contributed by atoms with E-state index < -0.39 is 17.7 Å². The van der Waals surface area contributed by atoms with Crippen molar-refractivity contribution in [3.8, 4) is 0 Å². The molecule has 0 aromatic carbocycles. The molecule has 4 atom stereocenters. The van der Waals surface area contributed by atoms with Crippen LogP contribution >= 0.6 is 11.6 Å². The Morgan fingerprint density at radius 2 is 1.86 bits per heavy atom. The average Bonchev–Trinajstić information content (AvgIpc) is 3.57. The molecule has 2 saturated heterocycles. The highest BCUT2D eigenvalue weighted by Crippen LogP contribution is 2.38. The topological polar surface area (TPSA) is 102 Å². The summed E-state index contributed by atoms with van der Waals surface area (Å²) < 4.78 is 20.3. The predicted octanol–water partition coefficient (Wildman–Crippen LogP) is 8.54. The van der Waals surface area contributed by atoms with Crippen LogP contribution in [-0.4, -0.2) is 73.8 Å². The van der Waals surface area contributed by atoms with E-state index in [-0.39, 0.29) is 6.10 Å². The summed E-state index contributed by atoms with van der Waals surface area (Å²) in [6.07, 6.45) is 14.9. The molecule has 5 heterocycles. The minimum absolute atomic E-state index is 0.159. The van der Waals surface area contributed by atoms with Crippen molar-refractivity contribution in [3.63, 3.8) is 0 Å². The van der Waals surface area contributed by atoms with Crippen molar-refractivity contribution in [2.45, 2.75) is 120 Å². The highest BCUT2D eigenvalue weighted by molar-refractivity contribution is 6.48. The molecule has 2 fully saturated rings. The summed E-state index contributed by atoms with van der Waals surface area (Å²) in [7, 11) is 0.